The Hall–Kier alpha value is -2.50. The molecule has 1 aliphatic heterocycles. The molecule has 0 spiro atoms. The molecule has 0 radical (unpaired) electrons. The molecule has 3 aromatic rings. The van der Waals surface area contributed by atoms with Crippen molar-refractivity contribution in [2.75, 3.05) is 0 Å². The van der Waals surface area contributed by atoms with Crippen LogP contribution in [-0.4, -0.2) is 22.1 Å². The lowest BCUT2D eigenvalue weighted by molar-refractivity contribution is -0.130. The molecule has 2 amide bonds. The molecule has 1 atom stereocenters. The van der Waals surface area contributed by atoms with Gasteiger partial charge < -0.3 is 0 Å². The fraction of sp³-hybridized carbons (Fsp3) is 0.100. The van der Waals surface area contributed by atoms with Crippen LogP contribution in [0.5, 0.6) is 0 Å². The predicted octanol–water partition coefficient (Wildman–Crippen LogP) is 4.03. The van der Waals surface area contributed by atoms with Crippen LogP contribution in [0.15, 0.2) is 71.6 Å². The van der Waals surface area contributed by atoms with Crippen LogP contribution in [0.1, 0.15) is 5.56 Å². The van der Waals surface area contributed by atoms with Gasteiger partial charge in [0.05, 0.1) is 11.6 Å². The third-order valence-corrected chi connectivity index (χ3v) is 5.97. The smallest absolute Gasteiger partial charge is 0.264 e. The minimum atomic E-state index is -0.829. The van der Waals surface area contributed by atoms with E-state index in [1.54, 1.807) is 12.1 Å². The highest BCUT2D eigenvalue weighted by molar-refractivity contribution is 8.01. The summed E-state index contributed by atoms with van der Waals surface area (Å²) in [6, 6.07) is 21.1. The van der Waals surface area contributed by atoms with Gasteiger partial charge in [0.2, 0.25) is 0 Å². The SMILES string of the molecule is O=C1NN(Cc2cccc3ccccc23)C(=O)C1Sc1ccccc1Cl. The topological polar surface area (TPSA) is 49.4 Å². The monoisotopic (exact) mass is 382 g/mol. The number of hydrazine groups is 1. The summed E-state index contributed by atoms with van der Waals surface area (Å²) in [4.78, 5) is 25.8. The maximum Gasteiger partial charge on any atom is 0.264 e. The Bertz CT molecular complexity index is 1000. The van der Waals surface area contributed by atoms with E-state index in [-0.39, 0.29) is 11.8 Å². The van der Waals surface area contributed by atoms with Crippen molar-refractivity contribution in [2.45, 2.75) is 16.7 Å². The number of thioether (sulfide) groups is 1. The molecule has 1 fully saturated rings. The van der Waals surface area contributed by atoms with Gasteiger partial charge >= 0.3 is 0 Å². The van der Waals surface area contributed by atoms with Crippen molar-refractivity contribution in [2.24, 2.45) is 0 Å². The molecular weight excluding hydrogens is 368 g/mol. The van der Waals surface area contributed by atoms with Crippen LogP contribution < -0.4 is 5.43 Å². The zero-order chi connectivity index (χ0) is 18.1. The second-order valence-electron chi connectivity index (χ2n) is 5.97. The number of amides is 2. The van der Waals surface area contributed by atoms with Gasteiger partial charge in [0, 0.05) is 4.90 Å². The van der Waals surface area contributed by atoms with Crippen LogP contribution in [0, 0.1) is 0 Å². The van der Waals surface area contributed by atoms with E-state index >= 15 is 0 Å². The van der Waals surface area contributed by atoms with Gasteiger partial charge in [-0.15, -0.1) is 11.8 Å². The van der Waals surface area contributed by atoms with Gasteiger partial charge in [0.15, 0.2) is 5.25 Å². The summed E-state index contributed by atoms with van der Waals surface area (Å²) in [5.41, 5.74) is 3.67. The van der Waals surface area contributed by atoms with E-state index < -0.39 is 5.25 Å². The lowest BCUT2D eigenvalue weighted by atomic mass is 10.0. The number of hydrogen-bond donors (Lipinski definition) is 1. The van der Waals surface area contributed by atoms with Crippen LogP contribution in [0.25, 0.3) is 10.8 Å². The normalized spacial score (nSPS) is 17.0. The van der Waals surface area contributed by atoms with Crippen molar-refractivity contribution in [3.63, 3.8) is 0 Å². The molecular formula is C20H15ClN2O2S. The average molecular weight is 383 g/mol. The van der Waals surface area contributed by atoms with E-state index in [0.29, 0.717) is 11.6 Å². The number of hydrogen-bond acceptors (Lipinski definition) is 3. The Morgan fingerprint density at radius 1 is 0.962 bits per heavy atom. The molecule has 1 heterocycles. The van der Waals surface area contributed by atoms with Gasteiger partial charge in [-0.2, -0.15) is 0 Å². The van der Waals surface area contributed by atoms with Crippen LogP contribution in [0.4, 0.5) is 0 Å². The zero-order valence-electron chi connectivity index (χ0n) is 13.7. The standard InChI is InChI=1S/C20H15ClN2O2S/c21-16-10-3-4-11-17(16)26-18-19(24)22-23(20(18)25)12-14-8-5-7-13-6-1-2-9-15(13)14/h1-11,18H,12H2,(H,22,24). The van der Waals surface area contributed by atoms with Crippen LogP contribution in [0.3, 0.4) is 0 Å². The van der Waals surface area contributed by atoms with Crippen molar-refractivity contribution in [3.05, 3.63) is 77.3 Å². The highest BCUT2D eigenvalue weighted by atomic mass is 35.5. The van der Waals surface area contributed by atoms with Gasteiger partial charge in [-0.3, -0.25) is 15.0 Å². The number of fused-ring (bicyclic) bond motifs is 1. The molecule has 4 nitrogen and oxygen atoms in total. The van der Waals surface area contributed by atoms with Crippen LogP contribution in [0.2, 0.25) is 5.02 Å². The summed E-state index contributed by atoms with van der Waals surface area (Å²) in [6.07, 6.45) is 0. The van der Waals surface area contributed by atoms with E-state index in [1.807, 2.05) is 54.6 Å². The van der Waals surface area contributed by atoms with Crippen molar-refractivity contribution >= 4 is 45.9 Å². The molecule has 0 aliphatic carbocycles. The minimum Gasteiger partial charge on any atom is -0.271 e. The Labute approximate surface area is 160 Å². The molecule has 4 rings (SSSR count). The van der Waals surface area contributed by atoms with Crippen LogP contribution in [-0.2, 0) is 16.1 Å². The van der Waals surface area contributed by atoms with Gasteiger partial charge in [0.1, 0.15) is 0 Å². The molecule has 1 unspecified atom stereocenters. The van der Waals surface area contributed by atoms with E-state index in [9.17, 15) is 9.59 Å². The first-order valence-electron chi connectivity index (χ1n) is 8.13. The molecule has 0 saturated carbocycles. The first-order valence-corrected chi connectivity index (χ1v) is 9.39. The van der Waals surface area contributed by atoms with Gasteiger partial charge in [-0.1, -0.05) is 66.2 Å². The van der Waals surface area contributed by atoms with E-state index in [0.717, 1.165) is 21.2 Å². The summed E-state index contributed by atoms with van der Waals surface area (Å²) >= 11 is 7.33. The van der Waals surface area contributed by atoms with E-state index in [4.69, 9.17) is 11.6 Å². The largest absolute Gasteiger partial charge is 0.271 e. The Morgan fingerprint density at radius 3 is 2.54 bits per heavy atom. The maximum atomic E-state index is 12.8. The zero-order valence-corrected chi connectivity index (χ0v) is 15.3. The highest BCUT2D eigenvalue weighted by Crippen LogP contribution is 2.33. The number of rotatable bonds is 4. The van der Waals surface area contributed by atoms with Gasteiger partial charge in [-0.25, -0.2) is 5.01 Å². The highest BCUT2D eigenvalue weighted by Gasteiger charge is 2.40. The number of benzene rings is 3. The summed E-state index contributed by atoms with van der Waals surface area (Å²) in [5.74, 6) is -0.576. The van der Waals surface area contributed by atoms with Crippen molar-refractivity contribution in [1.29, 1.82) is 0 Å². The maximum absolute atomic E-state index is 12.8. The lowest BCUT2D eigenvalue weighted by Gasteiger charge is -2.17. The van der Waals surface area contributed by atoms with Crippen molar-refractivity contribution in [3.8, 4) is 0 Å². The fourth-order valence-electron chi connectivity index (χ4n) is 2.99. The molecule has 0 bridgehead atoms. The number of nitrogens with one attached hydrogen (secondary N) is 1. The quantitative estimate of drug-likeness (QED) is 0.693. The third kappa shape index (κ3) is 3.16. The first kappa shape index (κ1) is 16.9. The van der Waals surface area contributed by atoms with Crippen molar-refractivity contribution in [1.82, 2.24) is 10.4 Å². The summed E-state index contributed by atoms with van der Waals surface area (Å²) < 4.78 is 0. The second-order valence-corrected chi connectivity index (χ2v) is 7.52. The Balaban J connectivity index is 1.56. The number of carbonyl (C=O) groups excluding carboxylic acids is 2. The van der Waals surface area contributed by atoms with E-state index in [2.05, 4.69) is 5.43 Å². The molecule has 130 valence electrons. The molecule has 6 heteroatoms. The van der Waals surface area contributed by atoms with E-state index in [1.165, 1.54) is 16.8 Å². The van der Waals surface area contributed by atoms with Crippen molar-refractivity contribution < 1.29 is 9.59 Å². The molecule has 1 saturated heterocycles. The van der Waals surface area contributed by atoms with Gasteiger partial charge in [-0.05, 0) is 28.5 Å². The predicted molar refractivity (Wildman–Crippen MR) is 104 cm³/mol. The Morgan fingerprint density at radius 2 is 1.69 bits per heavy atom. The summed E-state index contributed by atoms with van der Waals surface area (Å²) in [5, 5.41) is 3.26. The van der Waals surface area contributed by atoms with Crippen LogP contribution >= 0.6 is 23.4 Å². The molecule has 26 heavy (non-hydrogen) atoms. The number of carbonyl (C=O) groups is 2. The minimum absolute atomic E-state index is 0.257. The average Bonchev–Trinajstić information content (AvgIpc) is 2.91. The van der Waals surface area contributed by atoms with Gasteiger partial charge in [0.25, 0.3) is 11.8 Å². The fourth-order valence-corrected chi connectivity index (χ4v) is 4.24. The first-order chi connectivity index (χ1) is 12.6. The molecule has 0 aromatic heterocycles. The Kier molecular flexibility index (Phi) is 4.57. The second kappa shape index (κ2) is 7.02. The third-order valence-electron chi connectivity index (χ3n) is 4.26. The molecule has 1 N–H and O–H groups in total. The molecule has 3 aromatic carbocycles. The summed E-state index contributed by atoms with van der Waals surface area (Å²) in [7, 11) is 0. The number of nitrogens with zero attached hydrogens (tertiary/aromatic N) is 1. The summed E-state index contributed by atoms with van der Waals surface area (Å²) in [6.45, 7) is 0.325. The number of halogens is 1. The lowest BCUT2D eigenvalue weighted by Crippen LogP contribution is -2.35. The molecule has 1 aliphatic rings.